The molecule has 0 spiro atoms. The molecule has 1 aliphatic rings. The van der Waals surface area contributed by atoms with Crippen LogP contribution in [-0.2, 0) is 0 Å². The van der Waals surface area contributed by atoms with Crippen molar-refractivity contribution in [3.8, 4) is 5.69 Å². The van der Waals surface area contributed by atoms with Gasteiger partial charge in [-0.05, 0) is 38.0 Å². The molecule has 1 aromatic carbocycles. The summed E-state index contributed by atoms with van der Waals surface area (Å²) in [5.41, 5.74) is 4.01. The van der Waals surface area contributed by atoms with E-state index in [0.29, 0.717) is 18.9 Å². The maximum atomic E-state index is 12.8. The van der Waals surface area contributed by atoms with Crippen molar-refractivity contribution in [1.29, 1.82) is 0 Å². The van der Waals surface area contributed by atoms with Gasteiger partial charge in [-0.25, -0.2) is 9.48 Å². The van der Waals surface area contributed by atoms with E-state index < -0.39 is 0 Å². The summed E-state index contributed by atoms with van der Waals surface area (Å²) in [6, 6.07) is 14.0. The predicted molar refractivity (Wildman–Crippen MR) is 109 cm³/mol. The monoisotopic (exact) mass is 378 g/mol. The topological polar surface area (TPSA) is 68.0 Å². The minimum absolute atomic E-state index is 0.106. The fraction of sp³-hybridized carbons (Fsp3) is 0.381. The van der Waals surface area contributed by atoms with Crippen LogP contribution in [0.1, 0.15) is 42.9 Å². The lowest BCUT2D eigenvalue weighted by molar-refractivity contribution is 0.127. The molecule has 0 saturated carbocycles. The average molecular weight is 378 g/mol. The first-order chi connectivity index (χ1) is 13.4. The van der Waals surface area contributed by atoms with Gasteiger partial charge < -0.3 is 4.90 Å². The van der Waals surface area contributed by atoms with Gasteiger partial charge in [-0.2, -0.15) is 10.2 Å². The van der Waals surface area contributed by atoms with Gasteiger partial charge in [-0.3, -0.25) is 10.00 Å². The van der Waals surface area contributed by atoms with Crippen molar-refractivity contribution in [1.82, 2.24) is 24.5 Å². The number of urea groups is 1. The molecular formula is C21H26N6O. The number of carbonyl (C=O) groups excluding carboxylic acids is 1. The summed E-state index contributed by atoms with van der Waals surface area (Å²) in [5.74, 6) is 0.967. The first kappa shape index (κ1) is 18.3. The van der Waals surface area contributed by atoms with Gasteiger partial charge in [-0.1, -0.05) is 32.0 Å². The number of anilines is 1. The summed E-state index contributed by atoms with van der Waals surface area (Å²) in [5, 5.41) is 12.2. The molecule has 4 rings (SSSR count). The summed E-state index contributed by atoms with van der Waals surface area (Å²) in [4.78, 5) is 14.6. The number of likely N-dealkylation sites (tertiary alicyclic amines) is 1. The minimum atomic E-state index is -0.106. The highest BCUT2D eigenvalue weighted by Gasteiger charge is 2.33. The van der Waals surface area contributed by atoms with Crippen LogP contribution >= 0.6 is 0 Å². The maximum Gasteiger partial charge on any atom is 0.323 e. The largest absolute Gasteiger partial charge is 0.323 e. The van der Waals surface area contributed by atoms with Gasteiger partial charge in [0, 0.05) is 24.8 Å². The lowest BCUT2D eigenvalue weighted by Gasteiger charge is -2.39. The molecule has 7 heteroatoms. The van der Waals surface area contributed by atoms with Crippen molar-refractivity contribution in [3.63, 3.8) is 0 Å². The summed E-state index contributed by atoms with van der Waals surface area (Å²) < 4.78 is 3.82. The Morgan fingerprint density at radius 2 is 1.82 bits per heavy atom. The van der Waals surface area contributed by atoms with Crippen molar-refractivity contribution in [2.75, 3.05) is 18.4 Å². The number of aromatic nitrogens is 4. The number of nitrogens with zero attached hydrogens (tertiary/aromatic N) is 5. The molecule has 1 saturated heterocycles. The lowest BCUT2D eigenvalue weighted by Crippen LogP contribution is -2.52. The second-order valence-electron chi connectivity index (χ2n) is 7.72. The van der Waals surface area contributed by atoms with Gasteiger partial charge in [0.05, 0.1) is 23.1 Å². The molecule has 0 radical (unpaired) electrons. The number of rotatable bonds is 4. The van der Waals surface area contributed by atoms with Gasteiger partial charge in [0.2, 0.25) is 0 Å². The van der Waals surface area contributed by atoms with Crippen LogP contribution in [0.5, 0.6) is 0 Å². The third-order valence-electron chi connectivity index (χ3n) is 5.10. The number of carbonyl (C=O) groups is 1. The zero-order valence-corrected chi connectivity index (χ0v) is 16.8. The lowest BCUT2D eigenvalue weighted by atomic mass is 10.1. The highest BCUT2D eigenvalue weighted by molar-refractivity contribution is 5.89. The van der Waals surface area contributed by atoms with E-state index in [2.05, 4.69) is 42.4 Å². The van der Waals surface area contributed by atoms with Crippen LogP contribution in [-0.4, -0.2) is 43.6 Å². The Morgan fingerprint density at radius 3 is 2.43 bits per heavy atom. The maximum absolute atomic E-state index is 12.8. The molecule has 7 nitrogen and oxygen atoms in total. The number of amides is 2. The molecule has 1 N–H and O–H groups in total. The number of benzene rings is 1. The highest BCUT2D eigenvalue weighted by atomic mass is 16.2. The third kappa shape index (κ3) is 3.40. The highest BCUT2D eigenvalue weighted by Crippen LogP contribution is 2.26. The molecule has 0 unspecified atom stereocenters. The van der Waals surface area contributed by atoms with Crippen LogP contribution in [0.25, 0.3) is 5.69 Å². The average Bonchev–Trinajstić information content (AvgIpc) is 3.18. The fourth-order valence-corrected chi connectivity index (χ4v) is 3.52. The molecule has 0 bridgehead atoms. The molecular weight excluding hydrogens is 352 g/mol. The smallest absolute Gasteiger partial charge is 0.320 e. The fourth-order valence-electron chi connectivity index (χ4n) is 3.52. The third-order valence-corrected chi connectivity index (χ3v) is 5.10. The van der Waals surface area contributed by atoms with Gasteiger partial charge in [0.15, 0.2) is 0 Å². The van der Waals surface area contributed by atoms with Crippen LogP contribution in [0.2, 0.25) is 0 Å². The van der Waals surface area contributed by atoms with E-state index in [-0.39, 0.29) is 18.0 Å². The second kappa shape index (κ2) is 7.14. The molecule has 3 aromatic rings. The predicted octanol–water partition coefficient (Wildman–Crippen LogP) is 3.90. The SMILES string of the molecule is Cc1cc(C)n(C2CN(C(=O)Nc3cc(C(C)C)nn3-c3ccccc3)C2)n1. The Kier molecular flexibility index (Phi) is 4.66. The molecule has 2 aromatic heterocycles. The Labute approximate surface area is 165 Å². The van der Waals surface area contributed by atoms with Gasteiger partial charge in [-0.15, -0.1) is 0 Å². The molecule has 3 heterocycles. The van der Waals surface area contributed by atoms with Crippen molar-refractivity contribution in [2.24, 2.45) is 0 Å². The minimum Gasteiger partial charge on any atom is -0.320 e. The van der Waals surface area contributed by atoms with Crippen LogP contribution in [0.3, 0.4) is 0 Å². The summed E-state index contributed by atoms with van der Waals surface area (Å²) in [6.07, 6.45) is 0. The molecule has 0 atom stereocenters. The Hall–Kier alpha value is -3.09. The Balaban J connectivity index is 1.49. The van der Waals surface area contributed by atoms with Crippen molar-refractivity contribution in [3.05, 3.63) is 59.5 Å². The van der Waals surface area contributed by atoms with Crippen molar-refractivity contribution >= 4 is 11.8 Å². The van der Waals surface area contributed by atoms with E-state index in [1.807, 2.05) is 48.0 Å². The Bertz CT molecular complexity index is 982. The molecule has 1 aliphatic heterocycles. The number of nitrogens with one attached hydrogen (secondary N) is 1. The normalized spacial score (nSPS) is 14.4. The van der Waals surface area contributed by atoms with Crippen LogP contribution < -0.4 is 5.32 Å². The van der Waals surface area contributed by atoms with Crippen LogP contribution in [0.15, 0.2) is 42.5 Å². The zero-order valence-electron chi connectivity index (χ0n) is 16.8. The van der Waals surface area contributed by atoms with E-state index in [1.54, 1.807) is 9.58 Å². The molecule has 28 heavy (non-hydrogen) atoms. The van der Waals surface area contributed by atoms with Crippen molar-refractivity contribution in [2.45, 2.75) is 39.7 Å². The number of aryl methyl sites for hydroxylation is 2. The van der Waals surface area contributed by atoms with Crippen LogP contribution in [0.4, 0.5) is 10.6 Å². The van der Waals surface area contributed by atoms with E-state index in [9.17, 15) is 4.79 Å². The number of para-hydroxylation sites is 1. The molecule has 0 aliphatic carbocycles. The van der Waals surface area contributed by atoms with Gasteiger partial charge in [0.25, 0.3) is 0 Å². The molecule has 1 fully saturated rings. The first-order valence-corrected chi connectivity index (χ1v) is 9.66. The molecule has 2 amide bonds. The van der Waals surface area contributed by atoms with Gasteiger partial charge >= 0.3 is 6.03 Å². The first-order valence-electron chi connectivity index (χ1n) is 9.66. The summed E-state index contributed by atoms with van der Waals surface area (Å²) in [7, 11) is 0. The molecule has 146 valence electrons. The summed E-state index contributed by atoms with van der Waals surface area (Å²) >= 11 is 0. The zero-order chi connectivity index (χ0) is 19.8. The quantitative estimate of drug-likeness (QED) is 0.749. The second-order valence-corrected chi connectivity index (χ2v) is 7.72. The summed E-state index contributed by atoms with van der Waals surface area (Å²) in [6.45, 7) is 9.54. The Morgan fingerprint density at radius 1 is 1.11 bits per heavy atom. The van der Waals surface area contributed by atoms with E-state index in [1.165, 1.54) is 0 Å². The van der Waals surface area contributed by atoms with E-state index >= 15 is 0 Å². The van der Waals surface area contributed by atoms with Crippen molar-refractivity contribution < 1.29 is 4.79 Å². The standard InChI is InChI=1S/C21H26N6O/c1-14(2)19-11-20(27(24-19)17-8-6-5-7-9-17)22-21(28)25-12-18(13-25)26-16(4)10-15(3)23-26/h5-11,14,18H,12-13H2,1-4H3,(H,22,28). The van der Waals surface area contributed by atoms with E-state index in [0.717, 1.165) is 22.8 Å². The number of hydrogen-bond acceptors (Lipinski definition) is 3. The van der Waals surface area contributed by atoms with E-state index in [4.69, 9.17) is 0 Å². The van der Waals surface area contributed by atoms with Crippen LogP contribution in [0, 0.1) is 13.8 Å². The van der Waals surface area contributed by atoms with Gasteiger partial charge in [0.1, 0.15) is 5.82 Å². The number of hydrogen-bond donors (Lipinski definition) is 1.